The lowest BCUT2D eigenvalue weighted by Gasteiger charge is -2.15. The Hall–Kier alpha value is -1.60. The zero-order chi connectivity index (χ0) is 14.1. The molecule has 2 aromatic carbocycles. The number of hydrogen-bond acceptors (Lipinski definition) is 1. The summed E-state index contributed by atoms with van der Waals surface area (Å²) in [5.41, 5.74) is 14.7. The van der Waals surface area contributed by atoms with Crippen molar-refractivity contribution in [3.05, 3.63) is 58.7 Å². The molecule has 0 amide bonds. The highest BCUT2D eigenvalue weighted by molar-refractivity contribution is 5.73. The van der Waals surface area contributed by atoms with E-state index < -0.39 is 0 Å². The highest BCUT2D eigenvalue weighted by atomic mass is 14.6. The zero-order valence-corrected chi connectivity index (χ0v) is 12.4. The lowest BCUT2D eigenvalue weighted by molar-refractivity contribution is 0.713. The summed E-state index contributed by atoms with van der Waals surface area (Å²) < 4.78 is 0. The summed E-state index contributed by atoms with van der Waals surface area (Å²) in [6, 6.07) is 13.8. The van der Waals surface area contributed by atoms with Gasteiger partial charge in [-0.2, -0.15) is 0 Å². The molecule has 1 unspecified atom stereocenters. The SMILES string of the molecule is CCc1ccc(CC)c(-c2cccc3c2CCC3N)c1. The molecule has 0 spiro atoms. The first-order valence-corrected chi connectivity index (χ1v) is 7.74. The van der Waals surface area contributed by atoms with Crippen molar-refractivity contribution in [1.29, 1.82) is 0 Å². The average molecular weight is 265 g/mol. The fourth-order valence-electron chi connectivity index (χ4n) is 3.34. The number of fused-ring (bicyclic) bond motifs is 1. The van der Waals surface area contributed by atoms with Gasteiger partial charge >= 0.3 is 0 Å². The van der Waals surface area contributed by atoms with E-state index in [9.17, 15) is 0 Å². The summed E-state index contributed by atoms with van der Waals surface area (Å²) in [5.74, 6) is 0. The molecule has 0 aliphatic heterocycles. The van der Waals surface area contributed by atoms with Crippen LogP contribution in [0.25, 0.3) is 11.1 Å². The van der Waals surface area contributed by atoms with E-state index in [0.717, 1.165) is 25.7 Å². The Morgan fingerprint density at radius 3 is 2.65 bits per heavy atom. The molecular formula is C19H23N. The van der Waals surface area contributed by atoms with Crippen molar-refractivity contribution in [3.8, 4) is 11.1 Å². The quantitative estimate of drug-likeness (QED) is 0.873. The molecule has 0 heterocycles. The maximum absolute atomic E-state index is 6.22. The molecule has 2 aromatic rings. The Morgan fingerprint density at radius 2 is 1.90 bits per heavy atom. The van der Waals surface area contributed by atoms with Gasteiger partial charge in [0.25, 0.3) is 0 Å². The van der Waals surface area contributed by atoms with Crippen LogP contribution in [0.2, 0.25) is 0 Å². The van der Waals surface area contributed by atoms with E-state index in [1.807, 2.05) is 0 Å². The lowest BCUT2D eigenvalue weighted by atomic mass is 9.90. The molecule has 0 aromatic heterocycles. The van der Waals surface area contributed by atoms with Crippen molar-refractivity contribution < 1.29 is 0 Å². The van der Waals surface area contributed by atoms with Crippen molar-refractivity contribution in [2.45, 2.75) is 45.6 Å². The van der Waals surface area contributed by atoms with Gasteiger partial charge in [-0.25, -0.2) is 0 Å². The van der Waals surface area contributed by atoms with Gasteiger partial charge in [0.1, 0.15) is 0 Å². The summed E-state index contributed by atoms with van der Waals surface area (Å²) in [4.78, 5) is 0. The van der Waals surface area contributed by atoms with Crippen LogP contribution in [0.1, 0.15) is 48.6 Å². The number of aryl methyl sites for hydroxylation is 2. The maximum Gasteiger partial charge on any atom is 0.0300 e. The maximum atomic E-state index is 6.22. The topological polar surface area (TPSA) is 26.0 Å². The van der Waals surface area contributed by atoms with Gasteiger partial charge in [-0.1, -0.05) is 50.2 Å². The minimum Gasteiger partial charge on any atom is -0.324 e. The van der Waals surface area contributed by atoms with Crippen LogP contribution in [0.3, 0.4) is 0 Å². The van der Waals surface area contributed by atoms with E-state index in [4.69, 9.17) is 5.73 Å². The molecule has 1 heteroatoms. The van der Waals surface area contributed by atoms with Crippen LogP contribution in [-0.2, 0) is 19.3 Å². The molecular weight excluding hydrogens is 242 g/mol. The Kier molecular flexibility index (Phi) is 3.62. The predicted molar refractivity (Wildman–Crippen MR) is 85.9 cm³/mol. The summed E-state index contributed by atoms with van der Waals surface area (Å²) in [6.07, 6.45) is 4.37. The zero-order valence-electron chi connectivity index (χ0n) is 12.4. The normalized spacial score (nSPS) is 17.2. The molecule has 104 valence electrons. The predicted octanol–water partition coefficient (Wildman–Crippen LogP) is 4.42. The van der Waals surface area contributed by atoms with Gasteiger partial charge in [0.2, 0.25) is 0 Å². The van der Waals surface area contributed by atoms with Crippen LogP contribution < -0.4 is 5.73 Å². The van der Waals surface area contributed by atoms with Crippen LogP contribution in [0, 0.1) is 0 Å². The van der Waals surface area contributed by atoms with Gasteiger partial charge in [0.15, 0.2) is 0 Å². The van der Waals surface area contributed by atoms with Gasteiger partial charge in [-0.05, 0) is 59.1 Å². The monoisotopic (exact) mass is 265 g/mol. The van der Waals surface area contributed by atoms with Crippen molar-refractivity contribution in [2.75, 3.05) is 0 Å². The fraction of sp³-hybridized carbons (Fsp3) is 0.368. The summed E-state index contributed by atoms with van der Waals surface area (Å²) in [5, 5.41) is 0. The summed E-state index contributed by atoms with van der Waals surface area (Å²) in [7, 11) is 0. The fourth-order valence-corrected chi connectivity index (χ4v) is 3.34. The van der Waals surface area contributed by atoms with Crippen molar-refractivity contribution in [3.63, 3.8) is 0 Å². The van der Waals surface area contributed by atoms with E-state index >= 15 is 0 Å². The van der Waals surface area contributed by atoms with Gasteiger partial charge in [0.05, 0.1) is 0 Å². The molecule has 1 atom stereocenters. The van der Waals surface area contributed by atoms with Crippen molar-refractivity contribution in [1.82, 2.24) is 0 Å². The van der Waals surface area contributed by atoms with Crippen LogP contribution in [0.5, 0.6) is 0 Å². The minimum atomic E-state index is 0.226. The molecule has 1 aliphatic carbocycles. The highest BCUT2D eigenvalue weighted by Crippen LogP contribution is 2.38. The Morgan fingerprint density at radius 1 is 1.05 bits per heavy atom. The average Bonchev–Trinajstić information content (AvgIpc) is 2.88. The van der Waals surface area contributed by atoms with Crippen molar-refractivity contribution >= 4 is 0 Å². The Bertz CT molecular complexity index is 628. The standard InChI is InChI=1S/C19H23N/c1-3-13-8-9-14(4-2)18(12-13)15-6-5-7-17-16(15)10-11-19(17)20/h5-9,12,19H,3-4,10-11,20H2,1-2H3. The molecule has 20 heavy (non-hydrogen) atoms. The molecule has 3 rings (SSSR count). The number of benzene rings is 2. The van der Waals surface area contributed by atoms with Crippen LogP contribution in [-0.4, -0.2) is 0 Å². The number of hydrogen-bond donors (Lipinski definition) is 1. The molecule has 0 bridgehead atoms. The van der Waals surface area contributed by atoms with E-state index in [2.05, 4.69) is 50.2 Å². The molecule has 0 fully saturated rings. The third-order valence-electron chi connectivity index (χ3n) is 4.57. The van der Waals surface area contributed by atoms with Crippen LogP contribution in [0.15, 0.2) is 36.4 Å². The van der Waals surface area contributed by atoms with Gasteiger partial charge in [-0.15, -0.1) is 0 Å². The molecule has 0 saturated heterocycles. The Balaban J connectivity index is 2.19. The van der Waals surface area contributed by atoms with E-state index in [0.29, 0.717) is 0 Å². The first kappa shape index (κ1) is 13.4. The van der Waals surface area contributed by atoms with Gasteiger partial charge in [-0.3, -0.25) is 0 Å². The Labute approximate surface area is 121 Å². The smallest absolute Gasteiger partial charge is 0.0300 e. The second-order valence-corrected chi connectivity index (χ2v) is 5.72. The largest absolute Gasteiger partial charge is 0.324 e. The van der Waals surface area contributed by atoms with Crippen molar-refractivity contribution in [2.24, 2.45) is 5.73 Å². The number of nitrogens with two attached hydrogens (primary N) is 1. The van der Waals surface area contributed by atoms with Crippen LogP contribution >= 0.6 is 0 Å². The lowest BCUT2D eigenvalue weighted by Crippen LogP contribution is -2.05. The first-order valence-electron chi connectivity index (χ1n) is 7.74. The summed E-state index contributed by atoms with van der Waals surface area (Å²) in [6.45, 7) is 4.45. The molecule has 0 saturated carbocycles. The second kappa shape index (κ2) is 5.41. The molecule has 1 nitrogen and oxygen atoms in total. The highest BCUT2D eigenvalue weighted by Gasteiger charge is 2.22. The van der Waals surface area contributed by atoms with Gasteiger partial charge < -0.3 is 5.73 Å². The third-order valence-corrected chi connectivity index (χ3v) is 4.57. The second-order valence-electron chi connectivity index (χ2n) is 5.72. The first-order chi connectivity index (χ1) is 9.74. The van der Waals surface area contributed by atoms with E-state index in [-0.39, 0.29) is 6.04 Å². The third kappa shape index (κ3) is 2.16. The molecule has 0 radical (unpaired) electrons. The minimum absolute atomic E-state index is 0.226. The van der Waals surface area contributed by atoms with Gasteiger partial charge in [0, 0.05) is 6.04 Å². The molecule has 1 aliphatic rings. The van der Waals surface area contributed by atoms with Crippen LogP contribution in [0.4, 0.5) is 0 Å². The summed E-state index contributed by atoms with van der Waals surface area (Å²) >= 11 is 0. The molecule has 2 N–H and O–H groups in total. The van der Waals surface area contributed by atoms with E-state index in [1.54, 1.807) is 0 Å². The number of rotatable bonds is 3. The van der Waals surface area contributed by atoms with E-state index in [1.165, 1.54) is 33.4 Å².